The highest BCUT2D eigenvalue weighted by molar-refractivity contribution is 5.98. The van der Waals surface area contributed by atoms with Crippen molar-refractivity contribution in [2.24, 2.45) is 0 Å². The molecule has 0 aliphatic rings. The smallest absolute Gasteiger partial charge is 0.253 e. The van der Waals surface area contributed by atoms with Gasteiger partial charge in [-0.3, -0.25) is 14.4 Å². The summed E-state index contributed by atoms with van der Waals surface area (Å²) in [5.41, 5.74) is 3.40. The monoisotopic (exact) mass is 500 g/mol. The number of nitrogens with zero attached hydrogens (tertiary/aromatic N) is 1. The number of carbonyl (C=O) groups is 3. The van der Waals surface area contributed by atoms with Crippen molar-refractivity contribution in [3.05, 3.63) is 95.6 Å². The van der Waals surface area contributed by atoms with Crippen molar-refractivity contribution >= 4 is 29.1 Å². The summed E-state index contributed by atoms with van der Waals surface area (Å²) in [5, 5.41) is 8.88. The Balaban J connectivity index is 1.52. The zero-order valence-electron chi connectivity index (χ0n) is 21.8. The zero-order chi connectivity index (χ0) is 26.6. The number of amides is 3. The summed E-state index contributed by atoms with van der Waals surface area (Å²) in [5.74, 6) is -0.431. The van der Waals surface area contributed by atoms with Crippen LogP contribution < -0.4 is 16.0 Å². The molecule has 3 rings (SSSR count). The minimum atomic E-state index is -0.243. The van der Waals surface area contributed by atoms with Gasteiger partial charge in [0.25, 0.3) is 11.8 Å². The van der Waals surface area contributed by atoms with Crippen molar-refractivity contribution in [3.8, 4) is 0 Å². The summed E-state index contributed by atoms with van der Waals surface area (Å²) >= 11 is 0. The van der Waals surface area contributed by atoms with Crippen LogP contribution in [0.1, 0.15) is 65.9 Å². The molecule has 1 atom stereocenters. The van der Waals surface area contributed by atoms with Crippen molar-refractivity contribution in [1.29, 1.82) is 0 Å². The van der Waals surface area contributed by atoms with E-state index in [1.165, 1.54) is 0 Å². The van der Waals surface area contributed by atoms with Gasteiger partial charge in [0, 0.05) is 35.6 Å². The van der Waals surface area contributed by atoms with Crippen LogP contribution in [0.15, 0.2) is 78.9 Å². The molecule has 3 aromatic carbocycles. The average Bonchev–Trinajstić information content (AvgIpc) is 2.92. The summed E-state index contributed by atoms with van der Waals surface area (Å²) in [6.45, 7) is 7.58. The van der Waals surface area contributed by atoms with Crippen molar-refractivity contribution in [2.75, 3.05) is 30.3 Å². The van der Waals surface area contributed by atoms with Crippen LogP contribution in [-0.4, -0.2) is 42.3 Å². The molecular weight excluding hydrogens is 464 g/mol. The molecule has 0 spiro atoms. The molecule has 0 saturated carbocycles. The molecule has 3 N–H and O–H groups in total. The average molecular weight is 501 g/mol. The van der Waals surface area contributed by atoms with Crippen LogP contribution >= 0.6 is 0 Å². The Morgan fingerprint density at radius 3 is 2.11 bits per heavy atom. The van der Waals surface area contributed by atoms with Crippen LogP contribution in [0.3, 0.4) is 0 Å². The SMILES string of the molecule is CCCN(CCC)C(=O)c1ccc(NCC(=O)Nc2cccc(C(=O)NC(C)c3ccccc3)c2)cc1. The molecule has 0 fully saturated rings. The molecule has 194 valence electrons. The second-order valence-corrected chi connectivity index (χ2v) is 8.96. The van der Waals surface area contributed by atoms with Gasteiger partial charge in [0.1, 0.15) is 0 Å². The highest BCUT2D eigenvalue weighted by Gasteiger charge is 2.15. The largest absolute Gasteiger partial charge is 0.376 e. The van der Waals surface area contributed by atoms with Gasteiger partial charge in [-0.15, -0.1) is 0 Å². The molecule has 7 heteroatoms. The summed E-state index contributed by atoms with van der Waals surface area (Å²) in [6, 6.07) is 23.6. The van der Waals surface area contributed by atoms with Gasteiger partial charge in [0.15, 0.2) is 0 Å². The fraction of sp³-hybridized carbons (Fsp3) is 0.300. The van der Waals surface area contributed by atoms with Crippen LogP contribution in [0.2, 0.25) is 0 Å². The topological polar surface area (TPSA) is 90.5 Å². The van der Waals surface area contributed by atoms with E-state index in [4.69, 9.17) is 0 Å². The van der Waals surface area contributed by atoms with Gasteiger partial charge in [-0.1, -0.05) is 50.2 Å². The maximum atomic E-state index is 12.7. The maximum absolute atomic E-state index is 12.7. The first kappa shape index (κ1) is 27.5. The Morgan fingerprint density at radius 1 is 0.784 bits per heavy atom. The van der Waals surface area contributed by atoms with Crippen LogP contribution in [0.4, 0.5) is 11.4 Å². The number of hydrogen-bond acceptors (Lipinski definition) is 4. The third kappa shape index (κ3) is 8.20. The second-order valence-electron chi connectivity index (χ2n) is 8.96. The minimum absolute atomic E-state index is 0.0232. The van der Waals surface area contributed by atoms with Gasteiger partial charge in [-0.05, 0) is 67.8 Å². The molecule has 0 aromatic heterocycles. The maximum Gasteiger partial charge on any atom is 0.253 e. The fourth-order valence-corrected chi connectivity index (χ4v) is 4.00. The molecule has 0 aliphatic heterocycles. The first-order valence-electron chi connectivity index (χ1n) is 12.8. The van der Waals surface area contributed by atoms with Crippen molar-refractivity contribution in [3.63, 3.8) is 0 Å². The third-order valence-corrected chi connectivity index (χ3v) is 5.91. The van der Waals surface area contributed by atoms with E-state index in [-0.39, 0.29) is 30.3 Å². The van der Waals surface area contributed by atoms with E-state index in [0.29, 0.717) is 16.8 Å². The lowest BCUT2D eigenvalue weighted by Crippen LogP contribution is -2.32. The Kier molecular flexibility index (Phi) is 10.3. The van der Waals surface area contributed by atoms with Gasteiger partial charge in [0.05, 0.1) is 12.6 Å². The highest BCUT2D eigenvalue weighted by atomic mass is 16.2. The summed E-state index contributed by atoms with van der Waals surface area (Å²) in [4.78, 5) is 39.8. The molecule has 7 nitrogen and oxygen atoms in total. The molecule has 3 aromatic rings. The quantitative estimate of drug-likeness (QED) is 0.307. The predicted octanol–water partition coefficient (Wildman–Crippen LogP) is 5.49. The number of nitrogens with one attached hydrogen (secondary N) is 3. The van der Waals surface area contributed by atoms with E-state index in [9.17, 15) is 14.4 Å². The van der Waals surface area contributed by atoms with Gasteiger partial charge in [0.2, 0.25) is 5.91 Å². The molecule has 0 radical (unpaired) electrons. The Labute approximate surface area is 219 Å². The summed E-state index contributed by atoms with van der Waals surface area (Å²) in [7, 11) is 0. The summed E-state index contributed by atoms with van der Waals surface area (Å²) in [6.07, 6.45) is 1.84. The first-order valence-corrected chi connectivity index (χ1v) is 12.8. The van der Waals surface area contributed by atoms with Crippen LogP contribution in [0, 0.1) is 0 Å². The molecule has 0 bridgehead atoms. The molecular formula is C30H36N4O3. The van der Waals surface area contributed by atoms with Crippen LogP contribution in [0.5, 0.6) is 0 Å². The summed E-state index contributed by atoms with van der Waals surface area (Å²) < 4.78 is 0. The number of hydrogen-bond donors (Lipinski definition) is 3. The van der Waals surface area contributed by atoms with Crippen molar-refractivity contribution in [2.45, 2.75) is 39.7 Å². The molecule has 0 heterocycles. The third-order valence-electron chi connectivity index (χ3n) is 5.91. The van der Waals surface area contributed by atoms with E-state index in [0.717, 1.165) is 37.2 Å². The van der Waals surface area contributed by atoms with Gasteiger partial charge >= 0.3 is 0 Å². The number of benzene rings is 3. The van der Waals surface area contributed by atoms with E-state index in [1.54, 1.807) is 48.5 Å². The zero-order valence-corrected chi connectivity index (χ0v) is 21.8. The number of anilines is 2. The van der Waals surface area contributed by atoms with E-state index < -0.39 is 0 Å². The predicted molar refractivity (Wildman–Crippen MR) is 149 cm³/mol. The molecule has 1 unspecified atom stereocenters. The molecule has 0 aliphatic carbocycles. The minimum Gasteiger partial charge on any atom is -0.376 e. The van der Waals surface area contributed by atoms with Gasteiger partial charge in [-0.2, -0.15) is 0 Å². The lowest BCUT2D eigenvalue weighted by molar-refractivity contribution is -0.114. The van der Waals surface area contributed by atoms with E-state index in [1.807, 2.05) is 42.2 Å². The lowest BCUT2D eigenvalue weighted by atomic mass is 10.1. The van der Waals surface area contributed by atoms with Crippen molar-refractivity contribution in [1.82, 2.24) is 10.2 Å². The first-order chi connectivity index (χ1) is 17.9. The second kappa shape index (κ2) is 13.8. The molecule has 3 amide bonds. The van der Waals surface area contributed by atoms with Crippen LogP contribution in [-0.2, 0) is 4.79 Å². The van der Waals surface area contributed by atoms with Gasteiger partial charge < -0.3 is 20.9 Å². The normalized spacial score (nSPS) is 11.3. The standard InChI is InChI=1S/C30H36N4O3/c1-4-18-34(19-5-2)30(37)24-14-16-26(17-15-24)31-21-28(35)33-27-13-9-12-25(20-27)29(36)32-22(3)23-10-7-6-8-11-23/h6-17,20,22,31H,4-5,18-19,21H2,1-3H3,(H,32,36)(H,33,35). The molecule has 0 saturated heterocycles. The van der Waals surface area contributed by atoms with E-state index >= 15 is 0 Å². The molecule has 37 heavy (non-hydrogen) atoms. The fourth-order valence-electron chi connectivity index (χ4n) is 4.00. The Bertz CT molecular complexity index is 1170. The van der Waals surface area contributed by atoms with E-state index in [2.05, 4.69) is 29.8 Å². The Hall–Kier alpha value is -4.13. The van der Waals surface area contributed by atoms with Gasteiger partial charge in [-0.25, -0.2) is 0 Å². The Morgan fingerprint density at radius 2 is 1.46 bits per heavy atom. The van der Waals surface area contributed by atoms with Crippen LogP contribution in [0.25, 0.3) is 0 Å². The van der Waals surface area contributed by atoms with Crippen molar-refractivity contribution < 1.29 is 14.4 Å². The number of carbonyl (C=O) groups excluding carboxylic acids is 3. The number of rotatable bonds is 12. The highest BCUT2D eigenvalue weighted by Crippen LogP contribution is 2.16. The lowest BCUT2D eigenvalue weighted by Gasteiger charge is -2.21.